The molecule has 0 bridgehead atoms. The Balaban J connectivity index is 1.76. The molecule has 5 nitrogen and oxygen atoms in total. The molecule has 4 rings (SSSR count). The molecular formula is C21H22O5. The predicted octanol–water partition coefficient (Wildman–Crippen LogP) is 4.70. The first-order valence-electron chi connectivity index (χ1n) is 8.65. The van der Waals surface area contributed by atoms with E-state index in [0.29, 0.717) is 17.2 Å². The molecule has 2 aliphatic heterocycles. The molecule has 0 amide bonds. The highest BCUT2D eigenvalue weighted by atomic mass is 16.7. The van der Waals surface area contributed by atoms with Crippen LogP contribution in [-0.2, 0) is 0 Å². The third-order valence-corrected chi connectivity index (χ3v) is 4.88. The second-order valence-electron chi connectivity index (χ2n) is 6.43. The first kappa shape index (κ1) is 16.6. The van der Waals surface area contributed by atoms with Crippen LogP contribution in [0.1, 0.15) is 42.6 Å². The van der Waals surface area contributed by atoms with Gasteiger partial charge in [-0.05, 0) is 36.8 Å². The quantitative estimate of drug-likeness (QED) is 0.796. The Bertz CT molecular complexity index is 871. The second-order valence-corrected chi connectivity index (χ2v) is 6.43. The highest BCUT2D eigenvalue weighted by molar-refractivity contribution is 5.63. The average Bonchev–Trinajstić information content (AvgIpc) is 3.25. The minimum atomic E-state index is -0.150. The zero-order chi connectivity index (χ0) is 18.3. The number of hydrogen-bond acceptors (Lipinski definition) is 5. The molecule has 0 saturated heterocycles. The summed E-state index contributed by atoms with van der Waals surface area (Å²) >= 11 is 0. The summed E-state index contributed by atoms with van der Waals surface area (Å²) in [6.07, 6.45) is 3.93. The summed E-state index contributed by atoms with van der Waals surface area (Å²) in [4.78, 5) is 0. The van der Waals surface area contributed by atoms with E-state index in [1.165, 1.54) is 0 Å². The number of ether oxygens (including phenoxy) is 5. The summed E-state index contributed by atoms with van der Waals surface area (Å²) in [5.41, 5.74) is 3.23. The zero-order valence-corrected chi connectivity index (χ0v) is 15.4. The number of methoxy groups -OCH3 is 2. The van der Waals surface area contributed by atoms with Crippen molar-refractivity contribution in [1.29, 1.82) is 0 Å². The Morgan fingerprint density at radius 2 is 1.77 bits per heavy atom. The average molecular weight is 354 g/mol. The van der Waals surface area contributed by atoms with Gasteiger partial charge in [0.05, 0.1) is 14.2 Å². The highest BCUT2D eigenvalue weighted by Crippen LogP contribution is 2.53. The summed E-state index contributed by atoms with van der Waals surface area (Å²) in [6.45, 7) is 4.37. The predicted molar refractivity (Wildman–Crippen MR) is 98.6 cm³/mol. The molecule has 2 unspecified atom stereocenters. The van der Waals surface area contributed by atoms with Gasteiger partial charge in [0.2, 0.25) is 12.5 Å². The molecule has 2 aromatic carbocycles. The largest absolute Gasteiger partial charge is 0.493 e. The van der Waals surface area contributed by atoms with E-state index in [9.17, 15) is 0 Å². The minimum absolute atomic E-state index is 0.150. The van der Waals surface area contributed by atoms with Crippen LogP contribution in [0.5, 0.6) is 28.7 Å². The fourth-order valence-electron chi connectivity index (χ4n) is 3.61. The summed E-state index contributed by atoms with van der Waals surface area (Å²) in [7, 11) is 3.29. The van der Waals surface area contributed by atoms with Gasteiger partial charge in [-0.1, -0.05) is 19.1 Å². The molecule has 0 radical (unpaired) electrons. The van der Waals surface area contributed by atoms with Gasteiger partial charge in [0, 0.05) is 17.0 Å². The van der Waals surface area contributed by atoms with Crippen molar-refractivity contribution in [3.8, 4) is 28.7 Å². The van der Waals surface area contributed by atoms with Crippen molar-refractivity contribution < 1.29 is 23.7 Å². The summed E-state index contributed by atoms with van der Waals surface area (Å²) in [6, 6.07) is 8.08. The second kappa shape index (κ2) is 6.48. The Hall–Kier alpha value is -2.82. The fraction of sp³-hybridized carbons (Fsp3) is 0.333. The van der Waals surface area contributed by atoms with Crippen molar-refractivity contribution in [1.82, 2.24) is 0 Å². The number of allylic oxidation sites excluding steroid dienone is 1. The van der Waals surface area contributed by atoms with Gasteiger partial charge < -0.3 is 23.7 Å². The number of rotatable bonds is 4. The van der Waals surface area contributed by atoms with E-state index < -0.39 is 0 Å². The van der Waals surface area contributed by atoms with Crippen molar-refractivity contribution in [3.05, 3.63) is 47.0 Å². The van der Waals surface area contributed by atoms with Crippen LogP contribution in [0.2, 0.25) is 0 Å². The van der Waals surface area contributed by atoms with E-state index in [1.807, 2.05) is 31.2 Å². The standard InChI is InChI=1S/C21H22O5/c1-5-6-13-7-15-12(2)19(26-20(15)16(8-13)22-3)14-9-17(23-4)21-18(10-14)24-11-25-21/h5-10,12,19H,11H2,1-4H3/b6-5-. The Labute approximate surface area is 153 Å². The number of hydrogen-bond donors (Lipinski definition) is 0. The molecular weight excluding hydrogens is 332 g/mol. The van der Waals surface area contributed by atoms with Gasteiger partial charge in [-0.15, -0.1) is 0 Å². The van der Waals surface area contributed by atoms with E-state index in [-0.39, 0.29) is 18.8 Å². The molecule has 2 aliphatic rings. The lowest BCUT2D eigenvalue weighted by atomic mass is 9.91. The van der Waals surface area contributed by atoms with Crippen molar-refractivity contribution in [3.63, 3.8) is 0 Å². The molecule has 5 heteroatoms. The van der Waals surface area contributed by atoms with Crippen molar-refractivity contribution in [2.45, 2.75) is 25.9 Å². The lowest BCUT2D eigenvalue weighted by Crippen LogP contribution is -2.07. The first-order valence-corrected chi connectivity index (χ1v) is 8.65. The molecule has 136 valence electrons. The SMILES string of the molecule is C/C=C\c1cc(OC)c2c(c1)C(C)C(c1cc(OC)c3c(c1)OCO3)O2. The van der Waals surface area contributed by atoms with Gasteiger partial charge in [0.25, 0.3) is 0 Å². The molecule has 0 spiro atoms. The molecule has 0 N–H and O–H groups in total. The van der Waals surface area contributed by atoms with Gasteiger partial charge in [-0.2, -0.15) is 0 Å². The van der Waals surface area contributed by atoms with Crippen LogP contribution < -0.4 is 23.7 Å². The molecule has 2 aromatic rings. The van der Waals surface area contributed by atoms with Gasteiger partial charge in [-0.3, -0.25) is 0 Å². The third-order valence-electron chi connectivity index (χ3n) is 4.88. The normalized spacial score (nSPS) is 20.2. The maximum absolute atomic E-state index is 6.32. The van der Waals surface area contributed by atoms with Crippen LogP contribution in [0.4, 0.5) is 0 Å². The smallest absolute Gasteiger partial charge is 0.231 e. The monoisotopic (exact) mass is 354 g/mol. The molecule has 0 aliphatic carbocycles. The maximum atomic E-state index is 6.32. The Morgan fingerprint density at radius 1 is 1.00 bits per heavy atom. The van der Waals surface area contributed by atoms with E-state index in [0.717, 1.165) is 28.2 Å². The highest BCUT2D eigenvalue weighted by Gasteiger charge is 2.36. The maximum Gasteiger partial charge on any atom is 0.231 e. The number of benzene rings is 2. The molecule has 2 heterocycles. The van der Waals surface area contributed by atoms with E-state index >= 15 is 0 Å². The number of fused-ring (bicyclic) bond motifs is 2. The summed E-state index contributed by atoms with van der Waals surface area (Å²) in [5.74, 6) is 3.70. The van der Waals surface area contributed by atoms with Crippen molar-refractivity contribution >= 4 is 6.08 Å². The van der Waals surface area contributed by atoms with Gasteiger partial charge in [-0.25, -0.2) is 0 Å². The van der Waals surface area contributed by atoms with Crippen LogP contribution in [0.3, 0.4) is 0 Å². The van der Waals surface area contributed by atoms with Crippen molar-refractivity contribution in [2.24, 2.45) is 0 Å². The first-order chi connectivity index (χ1) is 12.7. The van der Waals surface area contributed by atoms with E-state index in [1.54, 1.807) is 14.2 Å². The molecule has 0 saturated carbocycles. The fourth-order valence-corrected chi connectivity index (χ4v) is 3.61. The molecule has 0 aromatic heterocycles. The lowest BCUT2D eigenvalue weighted by molar-refractivity contribution is 0.171. The lowest BCUT2D eigenvalue weighted by Gasteiger charge is -2.17. The third kappa shape index (κ3) is 2.55. The summed E-state index contributed by atoms with van der Waals surface area (Å²) < 4.78 is 28.4. The summed E-state index contributed by atoms with van der Waals surface area (Å²) in [5, 5.41) is 0. The van der Waals surface area contributed by atoms with E-state index in [4.69, 9.17) is 23.7 Å². The van der Waals surface area contributed by atoms with Gasteiger partial charge in [0.1, 0.15) is 6.10 Å². The van der Waals surface area contributed by atoms with Crippen LogP contribution >= 0.6 is 0 Å². The molecule has 26 heavy (non-hydrogen) atoms. The van der Waals surface area contributed by atoms with Gasteiger partial charge in [0.15, 0.2) is 23.0 Å². The molecule has 0 fully saturated rings. The van der Waals surface area contributed by atoms with Crippen LogP contribution in [0.15, 0.2) is 30.3 Å². The van der Waals surface area contributed by atoms with Crippen molar-refractivity contribution in [2.75, 3.05) is 21.0 Å². The van der Waals surface area contributed by atoms with Crippen LogP contribution in [0.25, 0.3) is 6.08 Å². The topological polar surface area (TPSA) is 46.2 Å². The zero-order valence-electron chi connectivity index (χ0n) is 15.4. The Kier molecular flexibility index (Phi) is 4.15. The van der Waals surface area contributed by atoms with E-state index in [2.05, 4.69) is 19.1 Å². The molecule has 2 atom stereocenters. The van der Waals surface area contributed by atoms with Crippen LogP contribution in [0, 0.1) is 0 Å². The minimum Gasteiger partial charge on any atom is -0.493 e. The van der Waals surface area contributed by atoms with Crippen LogP contribution in [-0.4, -0.2) is 21.0 Å². The van der Waals surface area contributed by atoms with Gasteiger partial charge >= 0.3 is 0 Å². The Morgan fingerprint density at radius 3 is 2.50 bits per heavy atom.